The van der Waals surface area contributed by atoms with E-state index in [-0.39, 0.29) is 29.4 Å². The van der Waals surface area contributed by atoms with Crippen LogP contribution in [0.15, 0.2) is 65.9 Å². The number of rotatable bonds is 3. The molecule has 7 nitrogen and oxygen atoms in total. The first kappa shape index (κ1) is 19.1. The second-order valence-corrected chi connectivity index (χ2v) is 7.89. The topological polar surface area (TPSA) is 116 Å². The summed E-state index contributed by atoms with van der Waals surface area (Å²) in [5.41, 5.74) is 16.5. The third kappa shape index (κ3) is 3.28. The highest BCUT2D eigenvalue weighted by molar-refractivity contribution is 6.02. The van der Waals surface area contributed by atoms with Gasteiger partial charge < -0.3 is 21.5 Å². The molecule has 0 amide bonds. The lowest BCUT2D eigenvalue weighted by atomic mass is 9.72. The fourth-order valence-corrected chi connectivity index (χ4v) is 4.65. The molecule has 5 N–H and O–H groups in total. The van der Waals surface area contributed by atoms with Crippen LogP contribution in [0.3, 0.4) is 0 Å². The van der Waals surface area contributed by atoms with Crippen molar-refractivity contribution in [2.75, 3.05) is 23.9 Å². The second kappa shape index (κ2) is 7.43. The van der Waals surface area contributed by atoms with Crippen LogP contribution in [0.25, 0.3) is 0 Å². The van der Waals surface area contributed by atoms with E-state index in [0.717, 1.165) is 28.1 Å². The summed E-state index contributed by atoms with van der Waals surface area (Å²) in [4.78, 5) is 22.0. The fraction of sp³-hybridized carbons (Fsp3) is 0.208. The summed E-state index contributed by atoms with van der Waals surface area (Å²) in [6.45, 7) is 0. The van der Waals surface area contributed by atoms with Crippen molar-refractivity contribution in [3.63, 3.8) is 0 Å². The average molecular weight is 413 g/mol. The van der Waals surface area contributed by atoms with Crippen LogP contribution in [-0.2, 0) is 4.79 Å². The SMILES string of the molecule is COc1ccc([C@H]2C3=C(C[C@@H](c4ccccc4)CC3=O)Nc3nc(N)nc(N)c32)cc1. The maximum absolute atomic E-state index is 13.5. The van der Waals surface area contributed by atoms with Crippen molar-refractivity contribution in [1.82, 2.24) is 9.97 Å². The number of ether oxygens (including phenoxy) is 1. The van der Waals surface area contributed by atoms with E-state index in [1.807, 2.05) is 42.5 Å². The molecule has 2 aliphatic rings. The molecule has 2 heterocycles. The van der Waals surface area contributed by atoms with Crippen LogP contribution in [0.5, 0.6) is 5.75 Å². The predicted molar refractivity (Wildman–Crippen MR) is 120 cm³/mol. The fourth-order valence-electron chi connectivity index (χ4n) is 4.65. The standard InChI is InChI=1S/C24H23N5O2/c1-31-16-9-7-14(8-10-16)19-20-17(27-23-21(19)22(25)28-24(26)29-23)11-15(12-18(20)30)13-5-3-2-4-6-13/h2-10,15,19H,11-12H2,1H3,(H5,25,26,27,28,29)/t15-,19+/m1/s1. The summed E-state index contributed by atoms with van der Waals surface area (Å²) in [5, 5.41) is 3.36. The molecule has 31 heavy (non-hydrogen) atoms. The number of benzene rings is 2. The molecule has 3 aromatic rings. The normalized spacial score (nSPS) is 20.0. The maximum atomic E-state index is 13.5. The highest BCUT2D eigenvalue weighted by Gasteiger charge is 2.40. The highest BCUT2D eigenvalue weighted by Crippen LogP contribution is 2.49. The number of nitrogen functional groups attached to an aromatic ring is 2. The summed E-state index contributed by atoms with van der Waals surface area (Å²) in [6, 6.07) is 17.8. The molecule has 0 bridgehead atoms. The molecule has 5 rings (SSSR count). The molecule has 156 valence electrons. The summed E-state index contributed by atoms with van der Waals surface area (Å²) >= 11 is 0. The number of hydrogen-bond donors (Lipinski definition) is 3. The Bertz CT molecular complexity index is 1190. The number of hydrogen-bond acceptors (Lipinski definition) is 7. The number of Topliss-reactive ketones (excluding diaryl/α,β-unsaturated/α-hetero) is 1. The number of allylic oxidation sites excluding steroid dienone is 2. The number of methoxy groups -OCH3 is 1. The van der Waals surface area contributed by atoms with Crippen molar-refractivity contribution in [2.45, 2.75) is 24.7 Å². The van der Waals surface area contributed by atoms with Gasteiger partial charge in [-0.1, -0.05) is 42.5 Å². The van der Waals surface area contributed by atoms with Gasteiger partial charge in [0.15, 0.2) is 5.78 Å². The van der Waals surface area contributed by atoms with Gasteiger partial charge in [-0.25, -0.2) is 0 Å². The molecule has 1 aliphatic carbocycles. The molecule has 0 unspecified atom stereocenters. The van der Waals surface area contributed by atoms with Gasteiger partial charge in [0.1, 0.15) is 17.4 Å². The number of fused-ring (bicyclic) bond motifs is 1. The Morgan fingerprint density at radius 1 is 0.968 bits per heavy atom. The van der Waals surface area contributed by atoms with Crippen LogP contribution in [0.1, 0.15) is 41.4 Å². The van der Waals surface area contributed by atoms with Crippen molar-refractivity contribution < 1.29 is 9.53 Å². The molecule has 0 fully saturated rings. The van der Waals surface area contributed by atoms with E-state index < -0.39 is 0 Å². The molecule has 1 aliphatic heterocycles. The summed E-state index contributed by atoms with van der Waals surface area (Å²) in [6.07, 6.45) is 1.16. The zero-order valence-electron chi connectivity index (χ0n) is 17.1. The lowest BCUT2D eigenvalue weighted by Crippen LogP contribution is -2.31. The Morgan fingerprint density at radius 2 is 1.71 bits per heavy atom. The molecule has 2 atom stereocenters. The van der Waals surface area contributed by atoms with Crippen molar-refractivity contribution in [3.8, 4) is 5.75 Å². The monoisotopic (exact) mass is 413 g/mol. The number of nitrogens with zero attached hydrogens (tertiary/aromatic N) is 2. The van der Waals surface area contributed by atoms with E-state index >= 15 is 0 Å². The van der Waals surface area contributed by atoms with Crippen molar-refractivity contribution in [1.29, 1.82) is 0 Å². The van der Waals surface area contributed by atoms with E-state index in [9.17, 15) is 4.79 Å². The zero-order chi connectivity index (χ0) is 21.5. The Labute approximate surface area is 180 Å². The van der Waals surface area contributed by atoms with Crippen LogP contribution < -0.4 is 21.5 Å². The van der Waals surface area contributed by atoms with Crippen LogP contribution in [0.2, 0.25) is 0 Å². The third-order valence-corrected chi connectivity index (χ3v) is 6.07. The van der Waals surface area contributed by atoms with Crippen LogP contribution in [0, 0.1) is 0 Å². The first-order chi connectivity index (χ1) is 15.0. The minimum Gasteiger partial charge on any atom is -0.497 e. The number of carbonyl (C=O) groups excluding carboxylic acids is 1. The lowest BCUT2D eigenvalue weighted by molar-refractivity contribution is -0.116. The first-order valence-corrected chi connectivity index (χ1v) is 10.2. The van der Waals surface area contributed by atoms with Gasteiger partial charge >= 0.3 is 0 Å². The van der Waals surface area contributed by atoms with Crippen molar-refractivity contribution in [2.24, 2.45) is 0 Å². The maximum Gasteiger partial charge on any atom is 0.223 e. The predicted octanol–water partition coefficient (Wildman–Crippen LogP) is 3.61. The number of nitrogens with one attached hydrogen (secondary N) is 1. The van der Waals surface area contributed by atoms with Crippen molar-refractivity contribution in [3.05, 3.63) is 82.6 Å². The molecule has 0 spiro atoms. The number of anilines is 3. The van der Waals surface area contributed by atoms with Crippen LogP contribution >= 0.6 is 0 Å². The van der Waals surface area contributed by atoms with Crippen LogP contribution in [-0.4, -0.2) is 22.9 Å². The number of ketones is 1. The molecule has 1 aromatic heterocycles. The van der Waals surface area contributed by atoms with E-state index in [4.69, 9.17) is 16.2 Å². The quantitative estimate of drug-likeness (QED) is 0.601. The molecular formula is C24H23N5O2. The van der Waals surface area contributed by atoms with Crippen molar-refractivity contribution >= 4 is 23.4 Å². The number of nitrogens with two attached hydrogens (primary N) is 2. The average Bonchev–Trinajstić information content (AvgIpc) is 2.78. The van der Waals surface area contributed by atoms with E-state index in [0.29, 0.717) is 24.2 Å². The summed E-state index contributed by atoms with van der Waals surface area (Å²) in [5.74, 6) is 1.53. The Hall–Kier alpha value is -3.87. The number of carbonyl (C=O) groups is 1. The summed E-state index contributed by atoms with van der Waals surface area (Å²) < 4.78 is 5.30. The zero-order valence-corrected chi connectivity index (χ0v) is 17.1. The molecule has 0 radical (unpaired) electrons. The lowest BCUT2D eigenvalue weighted by Gasteiger charge is -2.36. The summed E-state index contributed by atoms with van der Waals surface area (Å²) in [7, 11) is 1.62. The third-order valence-electron chi connectivity index (χ3n) is 6.07. The van der Waals surface area contributed by atoms with Gasteiger partial charge in [-0.3, -0.25) is 4.79 Å². The van der Waals surface area contributed by atoms with Gasteiger partial charge in [0.25, 0.3) is 0 Å². The van der Waals surface area contributed by atoms with E-state index in [1.54, 1.807) is 7.11 Å². The van der Waals surface area contributed by atoms with Gasteiger partial charge in [-0.2, -0.15) is 9.97 Å². The van der Waals surface area contributed by atoms with Gasteiger partial charge in [0.2, 0.25) is 5.95 Å². The van der Waals surface area contributed by atoms with E-state index in [2.05, 4.69) is 27.4 Å². The van der Waals surface area contributed by atoms with E-state index in [1.165, 1.54) is 0 Å². The highest BCUT2D eigenvalue weighted by atomic mass is 16.5. The molecule has 2 aromatic carbocycles. The van der Waals surface area contributed by atoms with Gasteiger partial charge in [0.05, 0.1) is 7.11 Å². The molecular weight excluding hydrogens is 390 g/mol. The largest absolute Gasteiger partial charge is 0.497 e. The van der Waals surface area contributed by atoms with Gasteiger partial charge in [0, 0.05) is 29.2 Å². The Balaban J connectivity index is 1.65. The first-order valence-electron chi connectivity index (χ1n) is 10.2. The minimum atomic E-state index is -0.359. The second-order valence-electron chi connectivity index (χ2n) is 7.89. The molecule has 7 heteroatoms. The van der Waals surface area contributed by atoms with Gasteiger partial charge in [-0.05, 0) is 35.6 Å². The van der Waals surface area contributed by atoms with Gasteiger partial charge in [-0.15, -0.1) is 0 Å². The number of aromatic nitrogens is 2. The minimum absolute atomic E-state index is 0.100. The van der Waals surface area contributed by atoms with Crippen LogP contribution in [0.4, 0.5) is 17.6 Å². The Morgan fingerprint density at radius 3 is 2.42 bits per heavy atom. The Kier molecular flexibility index (Phi) is 4.58. The molecule has 0 saturated carbocycles. The molecule has 0 saturated heterocycles. The smallest absolute Gasteiger partial charge is 0.223 e.